The van der Waals surface area contributed by atoms with Crippen molar-refractivity contribution in [2.45, 2.75) is 26.7 Å². The standard InChI is InChI=1S/C20H24ClNO4/c1-13-10-16(11-14(2)20(13)21)26-9-5-6-19(23)22-17-12-15(24-3)7-8-18(17)25-4/h7-8,10-12H,5-6,9H2,1-4H3,(H,22,23). The van der Waals surface area contributed by atoms with Crippen LogP contribution in [0.25, 0.3) is 0 Å². The average molecular weight is 378 g/mol. The molecule has 0 aliphatic heterocycles. The van der Waals surface area contributed by atoms with Crippen molar-refractivity contribution < 1.29 is 19.0 Å². The number of ether oxygens (including phenoxy) is 3. The lowest BCUT2D eigenvalue weighted by molar-refractivity contribution is -0.116. The molecule has 0 heterocycles. The summed E-state index contributed by atoms with van der Waals surface area (Å²) >= 11 is 6.15. The number of hydrogen-bond donors (Lipinski definition) is 1. The number of carbonyl (C=O) groups excluding carboxylic acids is 1. The van der Waals surface area contributed by atoms with E-state index >= 15 is 0 Å². The summed E-state index contributed by atoms with van der Waals surface area (Å²) in [6, 6.07) is 9.06. The first-order valence-corrected chi connectivity index (χ1v) is 8.73. The van der Waals surface area contributed by atoms with Crippen LogP contribution in [0.3, 0.4) is 0 Å². The van der Waals surface area contributed by atoms with Crippen molar-refractivity contribution in [3.63, 3.8) is 0 Å². The van der Waals surface area contributed by atoms with Crippen LogP contribution in [0.1, 0.15) is 24.0 Å². The third-order valence-corrected chi connectivity index (χ3v) is 4.50. The third kappa shape index (κ3) is 5.30. The first-order chi connectivity index (χ1) is 12.4. The van der Waals surface area contributed by atoms with E-state index in [1.54, 1.807) is 32.4 Å². The molecule has 2 aromatic rings. The zero-order valence-electron chi connectivity index (χ0n) is 15.5. The number of carbonyl (C=O) groups is 1. The Balaban J connectivity index is 1.84. The number of aryl methyl sites for hydroxylation is 2. The lowest BCUT2D eigenvalue weighted by atomic mass is 10.1. The number of halogens is 1. The molecule has 5 nitrogen and oxygen atoms in total. The highest BCUT2D eigenvalue weighted by molar-refractivity contribution is 6.32. The molecular weight excluding hydrogens is 354 g/mol. The van der Waals surface area contributed by atoms with Gasteiger partial charge in [-0.05, 0) is 55.7 Å². The number of benzene rings is 2. The van der Waals surface area contributed by atoms with Crippen LogP contribution in [0.5, 0.6) is 17.2 Å². The molecule has 0 bridgehead atoms. The molecular formula is C20H24ClNO4. The molecule has 0 unspecified atom stereocenters. The first kappa shape index (κ1) is 19.9. The van der Waals surface area contributed by atoms with Gasteiger partial charge < -0.3 is 19.5 Å². The quantitative estimate of drug-likeness (QED) is 0.673. The van der Waals surface area contributed by atoms with E-state index in [2.05, 4.69) is 5.32 Å². The van der Waals surface area contributed by atoms with Crippen molar-refractivity contribution in [2.24, 2.45) is 0 Å². The smallest absolute Gasteiger partial charge is 0.224 e. The minimum atomic E-state index is -0.108. The van der Waals surface area contributed by atoms with Gasteiger partial charge in [-0.15, -0.1) is 0 Å². The second-order valence-electron chi connectivity index (χ2n) is 5.94. The summed E-state index contributed by atoms with van der Waals surface area (Å²) < 4.78 is 16.2. The van der Waals surface area contributed by atoms with E-state index in [1.807, 2.05) is 26.0 Å². The Hall–Kier alpha value is -2.40. The second-order valence-corrected chi connectivity index (χ2v) is 6.32. The van der Waals surface area contributed by atoms with Gasteiger partial charge in [-0.3, -0.25) is 4.79 Å². The van der Waals surface area contributed by atoms with E-state index in [1.165, 1.54) is 0 Å². The Labute approximate surface area is 159 Å². The van der Waals surface area contributed by atoms with Crippen LogP contribution in [0.2, 0.25) is 5.02 Å². The van der Waals surface area contributed by atoms with Gasteiger partial charge in [0, 0.05) is 17.5 Å². The maximum Gasteiger partial charge on any atom is 0.224 e. The number of nitrogens with one attached hydrogen (secondary N) is 1. The van der Waals surface area contributed by atoms with E-state index in [9.17, 15) is 4.79 Å². The molecule has 0 atom stereocenters. The predicted octanol–water partition coefficient (Wildman–Crippen LogP) is 4.77. The molecule has 0 spiro atoms. The topological polar surface area (TPSA) is 56.8 Å². The Bertz CT molecular complexity index is 753. The zero-order valence-corrected chi connectivity index (χ0v) is 16.3. The summed E-state index contributed by atoms with van der Waals surface area (Å²) in [4.78, 5) is 12.2. The number of anilines is 1. The molecule has 0 saturated heterocycles. The second kappa shape index (κ2) is 9.34. The molecule has 0 aliphatic carbocycles. The van der Waals surface area contributed by atoms with Gasteiger partial charge in [0.1, 0.15) is 17.2 Å². The number of amides is 1. The normalized spacial score (nSPS) is 10.3. The van der Waals surface area contributed by atoms with Gasteiger partial charge >= 0.3 is 0 Å². The fourth-order valence-electron chi connectivity index (χ4n) is 2.54. The molecule has 0 aliphatic rings. The molecule has 2 rings (SSSR count). The maximum absolute atomic E-state index is 12.2. The lowest BCUT2D eigenvalue weighted by Gasteiger charge is -2.12. The van der Waals surface area contributed by atoms with Crippen molar-refractivity contribution in [3.8, 4) is 17.2 Å². The molecule has 0 aromatic heterocycles. The average Bonchev–Trinajstić information content (AvgIpc) is 2.63. The number of hydrogen-bond acceptors (Lipinski definition) is 4. The Kier molecular flexibility index (Phi) is 7.16. The van der Waals surface area contributed by atoms with Gasteiger partial charge in [-0.25, -0.2) is 0 Å². The van der Waals surface area contributed by atoms with Gasteiger partial charge in [-0.1, -0.05) is 11.6 Å². The van der Waals surface area contributed by atoms with Crippen molar-refractivity contribution in [1.29, 1.82) is 0 Å². The van der Waals surface area contributed by atoms with Crippen LogP contribution >= 0.6 is 11.6 Å². The number of rotatable bonds is 8. The van der Waals surface area contributed by atoms with Gasteiger partial charge in [0.2, 0.25) is 5.91 Å². The fourth-order valence-corrected chi connectivity index (χ4v) is 2.65. The molecule has 0 fully saturated rings. The van der Waals surface area contributed by atoms with Crippen LogP contribution in [-0.4, -0.2) is 26.7 Å². The molecule has 1 amide bonds. The minimum Gasteiger partial charge on any atom is -0.497 e. The summed E-state index contributed by atoms with van der Waals surface area (Å²) in [7, 11) is 3.13. The largest absolute Gasteiger partial charge is 0.497 e. The van der Waals surface area contributed by atoms with Gasteiger partial charge in [0.05, 0.1) is 26.5 Å². The van der Waals surface area contributed by atoms with Gasteiger partial charge in [0.25, 0.3) is 0 Å². The Morgan fingerprint density at radius 2 is 1.73 bits per heavy atom. The summed E-state index contributed by atoms with van der Waals surface area (Å²) in [6.45, 7) is 4.33. The maximum atomic E-state index is 12.2. The van der Waals surface area contributed by atoms with E-state index in [0.717, 1.165) is 21.9 Å². The third-order valence-electron chi connectivity index (χ3n) is 3.91. The fraction of sp³-hybridized carbons (Fsp3) is 0.350. The molecule has 2 aromatic carbocycles. The van der Waals surface area contributed by atoms with Crippen molar-refractivity contribution in [2.75, 3.05) is 26.1 Å². The molecule has 6 heteroatoms. The van der Waals surface area contributed by atoms with E-state index in [4.69, 9.17) is 25.8 Å². The molecule has 0 saturated carbocycles. The summed E-state index contributed by atoms with van der Waals surface area (Å²) in [5.74, 6) is 1.89. The zero-order chi connectivity index (χ0) is 19.1. The molecule has 26 heavy (non-hydrogen) atoms. The molecule has 0 radical (unpaired) electrons. The monoisotopic (exact) mass is 377 g/mol. The van der Waals surface area contributed by atoms with Crippen molar-refractivity contribution >= 4 is 23.2 Å². The van der Waals surface area contributed by atoms with E-state index in [0.29, 0.717) is 36.6 Å². The van der Waals surface area contributed by atoms with Crippen LogP contribution in [0.4, 0.5) is 5.69 Å². The van der Waals surface area contributed by atoms with Crippen LogP contribution in [-0.2, 0) is 4.79 Å². The summed E-state index contributed by atoms with van der Waals surface area (Å²) in [5, 5.41) is 3.60. The summed E-state index contributed by atoms with van der Waals surface area (Å²) in [5.41, 5.74) is 2.54. The van der Waals surface area contributed by atoms with Crippen molar-refractivity contribution in [3.05, 3.63) is 46.5 Å². The highest BCUT2D eigenvalue weighted by atomic mass is 35.5. The Morgan fingerprint density at radius 3 is 2.35 bits per heavy atom. The van der Waals surface area contributed by atoms with Crippen LogP contribution in [0, 0.1) is 13.8 Å². The van der Waals surface area contributed by atoms with Crippen LogP contribution in [0.15, 0.2) is 30.3 Å². The highest BCUT2D eigenvalue weighted by Crippen LogP contribution is 2.29. The van der Waals surface area contributed by atoms with Crippen molar-refractivity contribution in [1.82, 2.24) is 0 Å². The van der Waals surface area contributed by atoms with E-state index < -0.39 is 0 Å². The van der Waals surface area contributed by atoms with Gasteiger partial charge in [0.15, 0.2) is 0 Å². The Morgan fingerprint density at radius 1 is 1.04 bits per heavy atom. The minimum absolute atomic E-state index is 0.108. The SMILES string of the molecule is COc1ccc(OC)c(NC(=O)CCCOc2cc(C)c(Cl)c(C)c2)c1. The van der Waals surface area contributed by atoms with Gasteiger partial charge in [-0.2, -0.15) is 0 Å². The molecule has 140 valence electrons. The highest BCUT2D eigenvalue weighted by Gasteiger charge is 2.09. The predicted molar refractivity (Wildman–Crippen MR) is 104 cm³/mol. The molecule has 1 N–H and O–H groups in total. The summed E-state index contributed by atoms with van der Waals surface area (Å²) in [6.07, 6.45) is 0.935. The number of methoxy groups -OCH3 is 2. The van der Waals surface area contributed by atoms with E-state index in [-0.39, 0.29) is 5.91 Å². The van der Waals surface area contributed by atoms with Crippen LogP contribution < -0.4 is 19.5 Å². The lowest BCUT2D eigenvalue weighted by Crippen LogP contribution is -2.13. The first-order valence-electron chi connectivity index (χ1n) is 8.36.